The van der Waals surface area contributed by atoms with Crippen molar-refractivity contribution in [3.05, 3.63) is 54.9 Å². The number of hydrogen-bond acceptors (Lipinski definition) is 4. The molecule has 0 aliphatic rings. The molecule has 4 nitrogen and oxygen atoms in total. The molecule has 0 atom stereocenters. The molecule has 110 valence electrons. The first kappa shape index (κ1) is 14.1. The van der Waals surface area contributed by atoms with Gasteiger partial charge in [0.05, 0.1) is 25.4 Å². The van der Waals surface area contributed by atoms with Crippen molar-refractivity contribution in [2.45, 2.75) is 0 Å². The Kier molecular flexibility index (Phi) is 3.74. The van der Waals surface area contributed by atoms with Crippen molar-refractivity contribution in [2.75, 3.05) is 14.2 Å². The molecule has 1 heterocycles. The third-order valence-electron chi connectivity index (χ3n) is 3.58. The van der Waals surface area contributed by atoms with E-state index in [-0.39, 0.29) is 0 Å². The monoisotopic (exact) mass is 292 g/mol. The van der Waals surface area contributed by atoms with Crippen LogP contribution in [0.1, 0.15) is 5.56 Å². The fourth-order valence-corrected chi connectivity index (χ4v) is 2.49. The molecule has 3 aromatic rings. The van der Waals surface area contributed by atoms with E-state index < -0.39 is 0 Å². The van der Waals surface area contributed by atoms with E-state index in [2.05, 4.69) is 16.5 Å². The predicted octanol–water partition coefficient (Wildman–Crippen LogP) is 3.96. The summed E-state index contributed by atoms with van der Waals surface area (Å²) in [5.74, 6) is 1.30. The second kappa shape index (κ2) is 5.85. The molecule has 0 N–H and O–H groups in total. The van der Waals surface area contributed by atoms with Crippen LogP contribution in [0.15, 0.2) is 49.3 Å². The number of benzene rings is 2. The zero-order valence-electron chi connectivity index (χ0n) is 12.5. The van der Waals surface area contributed by atoms with Gasteiger partial charge in [0.25, 0.3) is 0 Å². The molecule has 0 unspecified atom stereocenters. The number of ether oxygens (including phenoxy) is 2. The molecule has 0 saturated heterocycles. The summed E-state index contributed by atoms with van der Waals surface area (Å²) < 4.78 is 10.7. The molecule has 0 saturated carbocycles. The number of rotatable bonds is 4. The van der Waals surface area contributed by atoms with Gasteiger partial charge in [0, 0.05) is 17.0 Å². The maximum absolute atomic E-state index is 5.39. The minimum atomic E-state index is 0.650. The number of methoxy groups -OCH3 is 2. The summed E-state index contributed by atoms with van der Waals surface area (Å²) in [4.78, 5) is 8.80. The Labute approximate surface area is 129 Å². The fourth-order valence-electron chi connectivity index (χ4n) is 2.49. The number of fused-ring (bicyclic) bond motifs is 1. The molecule has 0 amide bonds. The Morgan fingerprint density at radius 3 is 2.45 bits per heavy atom. The SMILES string of the molecule is C=Cc1ccccc1-c1ncnc2cc(OC)c(OC)cc12. The van der Waals surface area contributed by atoms with E-state index >= 15 is 0 Å². The standard InChI is InChI=1S/C18H16N2O2/c1-4-12-7-5-6-8-13(12)18-14-9-16(21-2)17(22-3)10-15(14)19-11-20-18/h4-11H,1H2,2-3H3. The van der Waals surface area contributed by atoms with Crippen molar-refractivity contribution in [1.82, 2.24) is 9.97 Å². The lowest BCUT2D eigenvalue weighted by Gasteiger charge is -2.12. The molecule has 3 rings (SSSR count). The number of aromatic nitrogens is 2. The molecular weight excluding hydrogens is 276 g/mol. The van der Waals surface area contributed by atoms with Gasteiger partial charge in [-0.1, -0.05) is 36.9 Å². The van der Waals surface area contributed by atoms with Crippen LogP contribution >= 0.6 is 0 Å². The van der Waals surface area contributed by atoms with Gasteiger partial charge >= 0.3 is 0 Å². The van der Waals surface area contributed by atoms with Crippen molar-refractivity contribution in [3.63, 3.8) is 0 Å². The number of hydrogen-bond donors (Lipinski definition) is 0. The van der Waals surface area contributed by atoms with Crippen LogP contribution < -0.4 is 9.47 Å². The highest BCUT2D eigenvalue weighted by molar-refractivity contribution is 5.96. The van der Waals surface area contributed by atoms with Gasteiger partial charge in [-0.25, -0.2) is 9.97 Å². The van der Waals surface area contributed by atoms with Crippen molar-refractivity contribution < 1.29 is 9.47 Å². The highest BCUT2D eigenvalue weighted by Gasteiger charge is 2.13. The Bertz CT molecular complexity index is 844. The Balaban J connectivity index is 2.33. The molecule has 0 aliphatic carbocycles. The van der Waals surface area contributed by atoms with Crippen molar-refractivity contribution in [1.29, 1.82) is 0 Å². The van der Waals surface area contributed by atoms with Gasteiger partial charge in [-0.05, 0) is 11.6 Å². The molecule has 1 aromatic heterocycles. The average Bonchev–Trinajstić information content (AvgIpc) is 2.59. The molecule has 2 aromatic carbocycles. The van der Waals surface area contributed by atoms with Gasteiger partial charge < -0.3 is 9.47 Å². The smallest absolute Gasteiger partial charge is 0.162 e. The van der Waals surface area contributed by atoms with Crippen molar-refractivity contribution in [3.8, 4) is 22.8 Å². The zero-order chi connectivity index (χ0) is 15.5. The van der Waals surface area contributed by atoms with Gasteiger partial charge in [0.2, 0.25) is 0 Å². The van der Waals surface area contributed by atoms with Crippen molar-refractivity contribution in [2.24, 2.45) is 0 Å². The predicted molar refractivity (Wildman–Crippen MR) is 88.2 cm³/mol. The van der Waals surface area contributed by atoms with Crippen LogP contribution in [0.2, 0.25) is 0 Å². The lowest BCUT2D eigenvalue weighted by atomic mass is 10.0. The van der Waals surface area contributed by atoms with Crippen LogP contribution in [0.4, 0.5) is 0 Å². The second-order valence-electron chi connectivity index (χ2n) is 4.74. The van der Waals surface area contributed by atoms with E-state index in [1.165, 1.54) is 0 Å². The maximum Gasteiger partial charge on any atom is 0.162 e. The normalized spacial score (nSPS) is 10.5. The second-order valence-corrected chi connectivity index (χ2v) is 4.74. The summed E-state index contributed by atoms with van der Waals surface area (Å²) >= 11 is 0. The summed E-state index contributed by atoms with van der Waals surface area (Å²) in [6.07, 6.45) is 3.38. The van der Waals surface area contributed by atoms with E-state index in [0.717, 1.165) is 27.7 Å². The van der Waals surface area contributed by atoms with E-state index in [9.17, 15) is 0 Å². The summed E-state index contributed by atoms with van der Waals surface area (Å²) in [6, 6.07) is 11.8. The fraction of sp³-hybridized carbons (Fsp3) is 0.111. The first-order valence-electron chi connectivity index (χ1n) is 6.87. The highest BCUT2D eigenvalue weighted by Crippen LogP contribution is 2.36. The van der Waals surface area contributed by atoms with Gasteiger partial charge in [-0.15, -0.1) is 0 Å². The summed E-state index contributed by atoms with van der Waals surface area (Å²) in [5, 5.41) is 0.912. The highest BCUT2D eigenvalue weighted by atomic mass is 16.5. The van der Waals surface area contributed by atoms with E-state index in [1.54, 1.807) is 20.5 Å². The van der Waals surface area contributed by atoms with Crippen molar-refractivity contribution >= 4 is 17.0 Å². The minimum Gasteiger partial charge on any atom is -0.493 e. The van der Waals surface area contributed by atoms with Gasteiger partial charge in [-0.2, -0.15) is 0 Å². The quantitative estimate of drug-likeness (QED) is 0.730. The van der Waals surface area contributed by atoms with Crippen LogP contribution in [-0.4, -0.2) is 24.2 Å². The molecule has 0 radical (unpaired) electrons. The Morgan fingerprint density at radius 2 is 1.73 bits per heavy atom. The van der Waals surface area contributed by atoms with E-state index in [1.807, 2.05) is 42.5 Å². The van der Waals surface area contributed by atoms with Crippen LogP contribution in [0, 0.1) is 0 Å². The summed E-state index contributed by atoms with van der Waals surface area (Å²) in [7, 11) is 3.23. The van der Waals surface area contributed by atoms with Gasteiger partial charge in [0.15, 0.2) is 11.5 Å². The van der Waals surface area contributed by atoms with Gasteiger partial charge in [-0.3, -0.25) is 0 Å². The molecule has 0 aliphatic heterocycles. The topological polar surface area (TPSA) is 44.2 Å². The van der Waals surface area contributed by atoms with Gasteiger partial charge in [0.1, 0.15) is 6.33 Å². The minimum absolute atomic E-state index is 0.650. The summed E-state index contributed by atoms with van der Waals surface area (Å²) in [5.41, 5.74) is 3.69. The molecule has 0 fully saturated rings. The summed E-state index contributed by atoms with van der Waals surface area (Å²) in [6.45, 7) is 3.87. The third kappa shape index (κ3) is 2.29. The molecule has 0 bridgehead atoms. The Morgan fingerprint density at radius 1 is 1.00 bits per heavy atom. The maximum atomic E-state index is 5.39. The first-order chi connectivity index (χ1) is 10.8. The Hall–Kier alpha value is -2.88. The van der Waals surface area contributed by atoms with Crippen LogP contribution in [0.5, 0.6) is 11.5 Å². The van der Waals surface area contributed by atoms with E-state index in [0.29, 0.717) is 11.5 Å². The lowest BCUT2D eigenvalue weighted by Crippen LogP contribution is -1.95. The van der Waals surface area contributed by atoms with Crippen LogP contribution in [0.25, 0.3) is 28.2 Å². The third-order valence-corrected chi connectivity index (χ3v) is 3.58. The molecule has 22 heavy (non-hydrogen) atoms. The average molecular weight is 292 g/mol. The molecule has 4 heteroatoms. The van der Waals surface area contributed by atoms with Crippen LogP contribution in [0.3, 0.4) is 0 Å². The zero-order valence-corrected chi connectivity index (χ0v) is 12.5. The molecule has 0 spiro atoms. The first-order valence-corrected chi connectivity index (χ1v) is 6.87. The van der Waals surface area contributed by atoms with Crippen LogP contribution in [-0.2, 0) is 0 Å². The number of nitrogens with zero attached hydrogens (tertiary/aromatic N) is 2. The lowest BCUT2D eigenvalue weighted by molar-refractivity contribution is 0.356. The van der Waals surface area contributed by atoms with E-state index in [4.69, 9.17) is 9.47 Å². The largest absolute Gasteiger partial charge is 0.493 e. The molecular formula is C18H16N2O2.